The maximum atomic E-state index is 12.0. The first-order valence-corrected chi connectivity index (χ1v) is 6.60. The number of nitrogens with zero attached hydrogens (tertiary/aromatic N) is 1. The van der Waals surface area contributed by atoms with Gasteiger partial charge in [0, 0.05) is 17.0 Å². The molecule has 1 unspecified atom stereocenters. The Morgan fingerprint density at radius 3 is 2.67 bits per heavy atom. The van der Waals surface area contributed by atoms with Crippen molar-refractivity contribution in [2.24, 2.45) is 17.6 Å². The van der Waals surface area contributed by atoms with Crippen molar-refractivity contribution in [2.45, 2.75) is 37.6 Å². The molecule has 0 radical (unpaired) electrons. The second kappa shape index (κ2) is 3.52. The first-order valence-electron chi connectivity index (χ1n) is 5.72. The van der Waals surface area contributed by atoms with Gasteiger partial charge in [-0.3, -0.25) is 9.69 Å². The molecule has 82 valence electrons. The van der Waals surface area contributed by atoms with Crippen LogP contribution in [0.1, 0.15) is 32.1 Å². The van der Waals surface area contributed by atoms with E-state index in [1.165, 1.54) is 24.2 Å². The van der Waals surface area contributed by atoms with Crippen LogP contribution in [0.2, 0.25) is 0 Å². The highest BCUT2D eigenvalue weighted by atomic mass is 32.2. The molecule has 15 heavy (non-hydrogen) atoms. The zero-order chi connectivity index (χ0) is 10.4. The van der Waals surface area contributed by atoms with Gasteiger partial charge in [0.1, 0.15) is 5.50 Å². The average molecular weight is 224 g/mol. The van der Waals surface area contributed by atoms with Crippen molar-refractivity contribution in [2.75, 3.05) is 0 Å². The highest BCUT2D eigenvalue weighted by Gasteiger charge is 2.38. The summed E-state index contributed by atoms with van der Waals surface area (Å²) in [7, 11) is 0. The van der Waals surface area contributed by atoms with Crippen LogP contribution in [0.15, 0.2) is 11.1 Å². The van der Waals surface area contributed by atoms with Crippen molar-refractivity contribution in [3.05, 3.63) is 11.1 Å². The number of amides is 1. The standard InChI is InChI=1S/C11H16N2OS/c12-11-13(10(14)8-2-1-3-8)6-9(15-11)7-4-5-7/h6-8,11H,1-5,12H2. The molecule has 3 nitrogen and oxygen atoms in total. The summed E-state index contributed by atoms with van der Waals surface area (Å²) in [5, 5.41) is 0. The van der Waals surface area contributed by atoms with Crippen LogP contribution in [0.4, 0.5) is 0 Å². The molecule has 2 saturated carbocycles. The molecule has 1 atom stereocenters. The van der Waals surface area contributed by atoms with E-state index in [2.05, 4.69) is 0 Å². The molecular formula is C11H16N2OS. The zero-order valence-electron chi connectivity index (χ0n) is 8.69. The number of nitrogens with two attached hydrogens (primary N) is 1. The molecule has 0 spiro atoms. The van der Waals surface area contributed by atoms with E-state index in [0.29, 0.717) is 5.92 Å². The Labute approximate surface area is 94.1 Å². The molecule has 1 heterocycles. The second-order valence-electron chi connectivity index (χ2n) is 4.69. The summed E-state index contributed by atoms with van der Waals surface area (Å²) >= 11 is 1.67. The van der Waals surface area contributed by atoms with E-state index in [1.807, 2.05) is 6.20 Å². The maximum absolute atomic E-state index is 12.0. The molecule has 3 aliphatic rings. The summed E-state index contributed by atoms with van der Waals surface area (Å²) in [6, 6.07) is 0. The largest absolute Gasteiger partial charge is 0.302 e. The number of hydrogen-bond donors (Lipinski definition) is 1. The van der Waals surface area contributed by atoms with Crippen LogP contribution in [-0.2, 0) is 4.79 Å². The van der Waals surface area contributed by atoms with Crippen molar-refractivity contribution in [1.29, 1.82) is 0 Å². The minimum Gasteiger partial charge on any atom is -0.302 e. The molecule has 0 aromatic heterocycles. The molecule has 3 rings (SSSR count). The first-order chi connectivity index (χ1) is 7.25. The van der Waals surface area contributed by atoms with Gasteiger partial charge in [0.15, 0.2) is 0 Å². The third kappa shape index (κ3) is 1.70. The smallest absolute Gasteiger partial charge is 0.231 e. The van der Waals surface area contributed by atoms with Gasteiger partial charge in [-0.25, -0.2) is 0 Å². The van der Waals surface area contributed by atoms with Crippen LogP contribution in [0, 0.1) is 11.8 Å². The van der Waals surface area contributed by atoms with Gasteiger partial charge in [-0.05, 0) is 31.6 Å². The van der Waals surface area contributed by atoms with Crippen molar-refractivity contribution < 1.29 is 4.79 Å². The van der Waals surface area contributed by atoms with Gasteiger partial charge in [0.25, 0.3) is 0 Å². The molecule has 0 saturated heterocycles. The van der Waals surface area contributed by atoms with Crippen LogP contribution in [0.25, 0.3) is 0 Å². The number of carbonyl (C=O) groups is 1. The van der Waals surface area contributed by atoms with Crippen LogP contribution in [-0.4, -0.2) is 16.3 Å². The van der Waals surface area contributed by atoms with Crippen molar-refractivity contribution in [3.8, 4) is 0 Å². The predicted molar refractivity (Wildman–Crippen MR) is 60.6 cm³/mol. The van der Waals surface area contributed by atoms with Gasteiger partial charge >= 0.3 is 0 Å². The lowest BCUT2D eigenvalue weighted by atomic mass is 9.84. The minimum atomic E-state index is -0.159. The third-order valence-electron chi connectivity index (χ3n) is 3.49. The normalized spacial score (nSPS) is 31.4. The van der Waals surface area contributed by atoms with Crippen LogP contribution < -0.4 is 5.73 Å². The Hall–Kier alpha value is -0.480. The van der Waals surface area contributed by atoms with E-state index in [-0.39, 0.29) is 17.3 Å². The molecule has 4 heteroatoms. The van der Waals surface area contributed by atoms with Gasteiger partial charge in [0.05, 0.1) is 0 Å². The Kier molecular flexibility index (Phi) is 2.29. The topological polar surface area (TPSA) is 46.3 Å². The van der Waals surface area contributed by atoms with Gasteiger partial charge < -0.3 is 5.73 Å². The molecule has 0 bridgehead atoms. The lowest BCUT2D eigenvalue weighted by Gasteiger charge is -2.29. The predicted octanol–water partition coefficient (Wildman–Crippen LogP) is 1.86. The molecule has 1 amide bonds. The van der Waals surface area contributed by atoms with Crippen LogP contribution in [0.3, 0.4) is 0 Å². The second-order valence-corrected chi connectivity index (χ2v) is 5.88. The van der Waals surface area contributed by atoms with Crippen molar-refractivity contribution >= 4 is 17.7 Å². The minimum absolute atomic E-state index is 0.159. The summed E-state index contributed by atoms with van der Waals surface area (Å²) in [6.45, 7) is 0. The zero-order valence-corrected chi connectivity index (χ0v) is 9.50. The maximum Gasteiger partial charge on any atom is 0.231 e. The number of allylic oxidation sites excluding steroid dienone is 1. The molecule has 0 aromatic rings. The lowest BCUT2D eigenvalue weighted by molar-refractivity contribution is -0.135. The summed E-state index contributed by atoms with van der Waals surface area (Å²) in [5.74, 6) is 1.21. The summed E-state index contributed by atoms with van der Waals surface area (Å²) in [4.78, 5) is 15.1. The molecule has 1 aliphatic heterocycles. The quantitative estimate of drug-likeness (QED) is 0.778. The van der Waals surface area contributed by atoms with Gasteiger partial charge in [-0.2, -0.15) is 0 Å². The van der Waals surface area contributed by atoms with E-state index in [1.54, 1.807) is 16.7 Å². The SMILES string of the molecule is NC1SC(C2CC2)=CN1C(=O)C1CCC1. The Morgan fingerprint density at radius 2 is 2.13 bits per heavy atom. The Bertz CT molecular complexity index is 321. The fourth-order valence-corrected chi connectivity index (χ4v) is 3.22. The summed E-state index contributed by atoms with van der Waals surface area (Å²) < 4.78 is 0. The monoisotopic (exact) mass is 224 g/mol. The fraction of sp³-hybridized carbons (Fsp3) is 0.727. The number of rotatable bonds is 2. The number of carbonyl (C=O) groups excluding carboxylic acids is 1. The highest BCUT2D eigenvalue weighted by Crippen LogP contribution is 2.47. The fourth-order valence-electron chi connectivity index (χ4n) is 2.06. The average Bonchev–Trinajstić information content (AvgIpc) is 2.87. The number of hydrogen-bond acceptors (Lipinski definition) is 3. The summed E-state index contributed by atoms with van der Waals surface area (Å²) in [6.07, 6.45) is 7.87. The molecule has 2 fully saturated rings. The van der Waals surface area contributed by atoms with E-state index in [4.69, 9.17) is 5.73 Å². The van der Waals surface area contributed by atoms with Crippen molar-refractivity contribution in [1.82, 2.24) is 4.90 Å². The van der Waals surface area contributed by atoms with E-state index in [9.17, 15) is 4.79 Å². The third-order valence-corrected chi connectivity index (χ3v) is 4.67. The first kappa shape index (κ1) is 9.73. The Balaban J connectivity index is 1.71. The van der Waals surface area contributed by atoms with Crippen LogP contribution in [0.5, 0.6) is 0 Å². The highest BCUT2D eigenvalue weighted by molar-refractivity contribution is 8.03. The van der Waals surface area contributed by atoms with Gasteiger partial charge in [-0.15, -0.1) is 0 Å². The molecule has 2 N–H and O–H groups in total. The van der Waals surface area contributed by atoms with Crippen molar-refractivity contribution in [3.63, 3.8) is 0 Å². The van der Waals surface area contributed by atoms with Crippen LogP contribution >= 0.6 is 11.8 Å². The van der Waals surface area contributed by atoms with Gasteiger partial charge in [0.2, 0.25) is 5.91 Å². The van der Waals surface area contributed by atoms with E-state index >= 15 is 0 Å². The molecule has 0 aromatic carbocycles. The molecule has 2 aliphatic carbocycles. The van der Waals surface area contributed by atoms with E-state index in [0.717, 1.165) is 12.8 Å². The van der Waals surface area contributed by atoms with E-state index < -0.39 is 0 Å². The molecular weight excluding hydrogens is 208 g/mol. The van der Waals surface area contributed by atoms with Gasteiger partial charge in [-0.1, -0.05) is 18.2 Å². The Morgan fingerprint density at radius 1 is 1.40 bits per heavy atom. The lowest BCUT2D eigenvalue weighted by Crippen LogP contribution is -2.42. The number of thioether (sulfide) groups is 1. The summed E-state index contributed by atoms with van der Waals surface area (Å²) in [5.41, 5.74) is 5.81.